The topological polar surface area (TPSA) is 29.1 Å². The van der Waals surface area contributed by atoms with E-state index in [2.05, 4.69) is 5.32 Å². The van der Waals surface area contributed by atoms with E-state index in [1.54, 1.807) is 0 Å². The fourth-order valence-electron chi connectivity index (χ4n) is 1.23. The second-order valence-corrected chi connectivity index (χ2v) is 3.15. The third-order valence-corrected chi connectivity index (χ3v) is 2.01. The van der Waals surface area contributed by atoms with Gasteiger partial charge in [-0.25, -0.2) is 8.78 Å². The van der Waals surface area contributed by atoms with E-state index in [1.165, 1.54) is 6.07 Å². The van der Waals surface area contributed by atoms with E-state index in [0.29, 0.717) is 6.54 Å². The summed E-state index contributed by atoms with van der Waals surface area (Å²) in [6.07, 6.45) is 0.219. The summed E-state index contributed by atoms with van der Waals surface area (Å²) in [5, 5.41) is 2.96. The van der Waals surface area contributed by atoms with Gasteiger partial charge in [0.1, 0.15) is 11.6 Å². The number of halogens is 2. The Hall–Kier alpha value is -1.29. The maximum absolute atomic E-state index is 13.1. The van der Waals surface area contributed by atoms with Crippen molar-refractivity contribution in [2.45, 2.75) is 13.3 Å². The van der Waals surface area contributed by atoms with Crippen LogP contribution in [0.1, 0.15) is 23.7 Å². The molecule has 0 saturated heterocycles. The first-order valence-corrected chi connectivity index (χ1v) is 4.84. The van der Waals surface area contributed by atoms with Crippen LogP contribution in [0.4, 0.5) is 8.78 Å². The Kier molecular flexibility index (Phi) is 4.37. The molecule has 0 fully saturated rings. The Morgan fingerprint density at radius 1 is 1.40 bits per heavy atom. The number of carbonyl (C=O) groups excluding carboxylic acids is 1. The normalized spacial score (nSPS) is 10.3. The van der Waals surface area contributed by atoms with Crippen molar-refractivity contribution in [2.75, 3.05) is 13.1 Å². The number of ketones is 1. The zero-order valence-corrected chi connectivity index (χ0v) is 8.52. The molecule has 0 aromatic heterocycles. The molecule has 0 aliphatic rings. The van der Waals surface area contributed by atoms with Gasteiger partial charge in [-0.05, 0) is 18.7 Å². The van der Waals surface area contributed by atoms with Crippen LogP contribution in [0.3, 0.4) is 0 Å². The van der Waals surface area contributed by atoms with E-state index in [-0.39, 0.29) is 17.8 Å². The molecule has 1 aromatic rings. The second kappa shape index (κ2) is 5.56. The molecule has 0 spiro atoms. The van der Waals surface area contributed by atoms with Gasteiger partial charge in [0.05, 0.1) is 5.56 Å². The first-order valence-electron chi connectivity index (χ1n) is 4.84. The van der Waals surface area contributed by atoms with Gasteiger partial charge in [0.25, 0.3) is 0 Å². The average Bonchev–Trinajstić information content (AvgIpc) is 2.17. The minimum Gasteiger partial charge on any atom is -0.317 e. The number of Topliss-reactive ketones (excluding diaryl/α,β-unsaturated/α-hetero) is 1. The van der Waals surface area contributed by atoms with Crippen LogP contribution < -0.4 is 5.32 Å². The van der Waals surface area contributed by atoms with Crippen molar-refractivity contribution in [3.05, 3.63) is 35.4 Å². The van der Waals surface area contributed by atoms with E-state index >= 15 is 0 Å². The van der Waals surface area contributed by atoms with Crippen molar-refractivity contribution in [3.63, 3.8) is 0 Å². The van der Waals surface area contributed by atoms with Crippen molar-refractivity contribution in [3.8, 4) is 0 Å². The molecule has 0 saturated carbocycles. The third kappa shape index (κ3) is 3.40. The molecule has 0 radical (unpaired) electrons. The summed E-state index contributed by atoms with van der Waals surface area (Å²) in [7, 11) is 0. The van der Waals surface area contributed by atoms with Gasteiger partial charge in [-0.15, -0.1) is 0 Å². The molecule has 0 atom stereocenters. The second-order valence-electron chi connectivity index (χ2n) is 3.15. The maximum atomic E-state index is 13.1. The minimum absolute atomic E-state index is 0.0469. The van der Waals surface area contributed by atoms with Crippen molar-refractivity contribution in [1.82, 2.24) is 5.32 Å². The third-order valence-electron chi connectivity index (χ3n) is 2.01. The Labute approximate surface area is 87.3 Å². The molecule has 0 aliphatic heterocycles. The summed E-state index contributed by atoms with van der Waals surface area (Å²) in [4.78, 5) is 11.4. The molecule has 0 heterocycles. The van der Waals surface area contributed by atoms with Gasteiger partial charge in [-0.2, -0.15) is 0 Å². The zero-order valence-electron chi connectivity index (χ0n) is 8.52. The Balaban J connectivity index is 2.65. The molecule has 0 amide bonds. The predicted molar refractivity (Wildman–Crippen MR) is 53.8 cm³/mol. The highest BCUT2D eigenvalue weighted by atomic mass is 19.1. The smallest absolute Gasteiger partial charge is 0.167 e. The van der Waals surface area contributed by atoms with E-state index in [0.717, 1.165) is 18.7 Å². The van der Waals surface area contributed by atoms with E-state index in [9.17, 15) is 13.6 Å². The lowest BCUT2D eigenvalue weighted by molar-refractivity contribution is 0.0979. The Morgan fingerprint density at radius 2 is 2.13 bits per heavy atom. The molecule has 15 heavy (non-hydrogen) atoms. The number of nitrogens with one attached hydrogen (secondary N) is 1. The summed E-state index contributed by atoms with van der Waals surface area (Å²) in [5.41, 5.74) is -0.0469. The number of carbonyl (C=O) groups is 1. The molecular formula is C11H13F2NO. The van der Waals surface area contributed by atoms with Gasteiger partial charge in [0.15, 0.2) is 5.78 Å². The quantitative estimate of drug-likeness (QED) is 0.599. The number of benzene rings is 1. The van der Waals surface area contributed by atoms with Crippen molar-refractivity contribution >= 4 is 5.78 Å². The van der Waals surface area contributed by atoms with Gasteiger partial charge in [0.2, 0.25) is 0 Å². The van der Waals surface area contributed by atoms with E-state index in [4.69, 9.17) is 0 Å². The summed E-state index contributed by atoms with van der Waals surface area (Å²) in [5.74, 6) is -1.78. The molecular weight excluding hydrogens is 200 g/mol. The predicted octanol–water partition coefficient (Wildman–Crippen LogP) is 2.15. The van der Waals surface area contributed by atoms with Crippen molar-refractivity contribution in [1.29, 1.82) is 0 Å². The van der Waals surface area contributed by atoms with Crippen molar-refractivity contribution < 1.29 is 13.6 Å². The number of hydrogen-bond donors (Lipinski definition) is 1. The van der Waals surface area contributed by atoms with Crippen LogP contribution in [-0.2, 0) is 0 Å². The highest BCUT2D eigenvalue weighted by Gasteiger charge is 2.11. The van der Waals surface area contributed by atoms with E-state index < -0.39 is 11.6 Å². The van der Waals surface area contributed by atoms with Gasteiger partial charge in [-0.3, -0.25) is 4.79 Å². The van der Waals surface area contributed by atoms with Gasteiger partial charge >= 0.3 is 0 Å². The summed E-state index contributed by atoms with van der Waals surface area (Å²) >= 11 is 0. The van der Waals surface area contributed by atoms with Crippen LogP contribution >= 0.6 is 0 Å². The Bertz CT molecular complexity index is 352. The lowest BCUT2D eigenvalue weighted by atomic mass is 10.1. The van der Waals surface area contributed by atoms with Gasteiger partial charge in [0, 0.05) is 19.0 Å². The lowest BCUT2D eigenvalue weighted by Crippen LogP contribution is -2.18. The number of hydrogen-bond acceptors (Lipinski definition) is 2. The van der Waals surface area contributed by atoms with Crippen LogP contribution in [0.2, 0.25) is 0 Å². The molecule has 82 valence electrons. The van der Waals surface area contributed by atoms with Crippen LogP contribution in [0.15, 0.2) is 18.2 Å². The highest BCUT2D eigenvalue weighted by Crippen LogP contribution is 2.11. The highest BCUT2D eigenvalue weighted by molar-refractivity contribution is 5.96. The summed E-state index contributed by atoms with van der Waals surface area (Å²) in [6.45, 7) is 3.19. The van der Waals surface area contributed by atoms with Gasteiger partial charge < -0.3 is 5.32 Å². The first-order chi connectivity index (χ1) is 7.15. The fourth-order valence-corrected chi connectivity index (χ4v) is 1.23. The summed E-state index contributed by atoms with van der Waals surface area (Å²) < 4.78 is 25.7. The SMILES string of the molecule is CCNCCC(=O)c1ccc(F)cc1F. The average molecular weight is 213 g/mol. The van der Waals surface area contributed by atoms with Crippen molar-refractivity contribution in [2.24, 2.45) is 0 Å². The van der Waals surface area contributed by atoms with E-state index in [1.807, 2.05) is 6.92 Å². The minimum atomic E-state index is -0.795. The maximum Gasteiger partial charge on any atom is 0.167 e. The molecule has 0 unspecified atom stereocenters. The molecule has 2 nitrogen and oxygen atoms in total. The molecule has 1 aromatic carbocycles. The summed E-state index contributed by atoms with van der Waals surface area (Å²) in [6, 6.07) is 2.99. The molecule has 0 bridgehead atoms. The lowest BCUT2D eigenvalue weighted by Gasteiger charge is -2.03. The van der Waals surface area contributed by atoms with Crippen LogP contribution in [0.25, 0.3) is 0 Å². The standard InChI is InChI=1S/C11H13F2NO/c1-2-14-6-5-11(15)9-4-3-8(12)7-10(9)13/h3-4,7,14H,2,5-6H2,1H3. The molecule has 0 aliphatic carbocycles. The number of rotatable bonds is 5. The monoisotopic (exact) mass is 213 g/mol. The van der Waals surface area contributed by atoms with Crippen LogP contribution in [-0.4, -0.2) is 18.9 Å². The first kappa shape index (κ1) is 11.8. The van der Waals surface area contributed by atoms with Crippen LogP contribution in [0.5, 0.6) is 0 Å². The molecule has 1 N–H and O–H groups in total. The fraction of sp³-hybridized carbons (Fsp3) is 0.364. The largest absolute Gasteiger partial charge is 0.317 e. The Morgan fingerprint density at radius 3 is 2.73 bits per heavy atom. The van der Waals surface area contributed by atoms with Gasteiger partial charge in [-0.1, -0.05) is 6.92 Å². The van der Waals surface area contributed by atoms with Crippen LogP contribution in [0, 0.1) is 11.6 Å². The zero-order chi connectivity index (χ0) is 11.3. The molecule has 4 heteroatoms. The molecule has 1 rings (SSSR count).